The average molecular weight is 606 g/mol. The Morgan fingerprint density at radius 2 is 1.77 bits per heavy atom. The van der Waals surface area contributed by atoms with Gasteiger partial charge in [0.15, 0.2) is 6.29 Å². The van der Waals surface area contributed by atoms with Crippen molar-refractivity contribution in [3.8, 4) is 22.8 Å². The predicted molar refractivity (Wildman–Crippen MR) is 150 cm³/mol. The lowest BCUT2D eigenvalue weighted by atomic mass is 10.0. The second-order valence-corrected chi connectivity index (χ2v) is 9.97. The van der Waals surface area contributed by atoms with Crippen LogP contribution in [-0.4, -0.2) is 66.7 Å². The fraction of sp³-hybridized carbons (Fsp3) is 0.222. The van der Waals surface area contributed by atoms with Crippen molar-refractivity contribution in [2.75, 3.05) is 33.1 Å². The van der Waals surface area contributed by atoms with E-state index in [9.17, 15) is 19.2 Å². The molecule has 0 bridgehead atoms. The Balaban J connectivity index is 1.57. The Bertz CT molecular complexity index is 1520. The van der Waals surface area contributed by atoms with Crippen LogP contribution in [0.25, 0.3) is 11.1 Å². The lowest BCUT2D eigenvalue weighted by molar-refractivity contribution is -0.140. The van der Waals surface area contributed by atoms with E-state index >= 15 is 0 Å². The quantitative estimate of drug-likeness (QED) is 0.277. The fourth-order valence-corrected chi connectivity index (χ4v) is 4.88. The molecule has 2 aromatic carbocycles. The number of carbonyl (C=O) groups is 4. The fourth-order valence-electron chi connectivity index (χ4n) is 4.11. The molecule has 1 aromatic heterocycles. The number of nitrogens with one attached hydrogen (secondary N) is 1. The summed E-state index contributed by atoms with van der Waals surface area (Å²) in [5.74, 6) is -1.87. The van der Waals surface area contributed by atoms with Gasteiger partial charge in [0.05, 0.1) is 33.4 Å². The van der Waals surface area contributed by atoms with Crippen LogP contribution in [-0.2, 0) is 16.2 Å². The summed E-state index contributed by atoms with van der Waals surface area (Å²) in [6, 6.07) is 11.0. The number of aldehydes is 1. The zero-order chi connectivity index (χ0) is 29.1. The van der Waals surface area contributed by atoms with Gasteiger partial charge < -0.3 is 19.7 Å². The van der Waals surface area contributed by atoms with E-state index in [1.807, 2.05) is 0 Å². The van der Waals surface area contributed by atoms with Crippen molar-refractivity contribution in [3.63, 3.8) is 0 Å². The van der Waals surface area contributed by atoms with Crippen LogP contribution in [0.4, 0.5) is 10.5 Å². The first kappa shape index (κ1) is 29.1. The molecule has 0 saturated carbocycles. The van der Waals surface area contributed by atoms with E-state index in [1.165, 1.54) is 32.2 Å². The van der Waals surface area contributed by atoms with Gasteiger partial charge in [-0.05, 0) is 18.2 Å². The van der Waals surface area contributed by atoms with Crippen molar-refractivity contribution in [2.45, 2.75) is 6.61 Å². The molecule has 4 amide bonds. The van der Waals surface area contributed by atoms with Gasteiger partial charge in [-0.3, -0.25) is 19.3 Å². The maximum atomic E-state index is 13.0. The van der Waals surface area contributed by atoms with Crippen molar-refractivity contribution in [3.05, 3.63) is 68.8 Å². The largest absolute Gasteiger partial charge is 0.486 e. The average Bonchev–Trinajstić information content (AvgIpc) is 2.94. The Kier molecular flexibility index (Phi) is 8.82. The number of ether oxygens (including phenoxy) is 2. The van der Waals surface area contributed by atoms with Crippen LogP contribution in [0.1, 0.15) is 16.1 Å². The number of methoxy groups -OCH3 is 1. The summed E-state index contributed by atoms with van der Waals surface area (Å²) in [7, 11) is 4.22. The monoisotopic (exact) mass is 604 g/mol. The summed E-state index contributed by atoms with van der Waals surface area (Å²) in [6.07, 6.45) is 0.591. The molecule has 1 N–H and O–H groups in total. The standard InChI is InChI=1S/C27H23Cl3N4O6/c1-33-11-17(26(37)34(2)27(33)38)24(36)31-19-8-4-6-15(22(19)29)16-7-5-9-21(23(16)30)40-13-20-18(28)10-14(12-35)25(32-20)39-3/h4-10,12,17H,11,13H2,1-3H3,(H,31,36). The number of urea groups is 1. The van der Waals surface area contributed by atoms with Crippen LogP contribution < -0.4 is 14.8 Å². The molecule has 1 atom stereocenters. The molecular formula is C27H23Cl3N4O6. The van der Waals surface area contributed by atoms with Crippen molar-refractivity contribution >= 4 is 64.6 Å². The topological polar surface area (TPSA) is 118 Å². The van der Waals surface area contributed by atoms with Crippen molar-refractivity contribution in [1.82, 2.24) is 14.8 Å². The van der Waals surface area contributed by atoms with Crippen LogP contribution >= 0.6 is 34.8 Å². The molecular weight excluding hydrogens is 583 g/mol. The summed E-state index contributed by atoms with van der Waals surface area (Å²) in [4.78, 5) is 55.2. The molecule has 1 aliphatic heterocycles. The van der Waals surface area contributed by atoms with Crippen molar-refractivity contribution in [2.24, 2.45) is 5.92 Å². The summed E-state index contributed by atoms with van der Waals surface area (Å²) in [5.41, 5.74) is 1.83. The number of amides is 4. The first-order chi connectivity index (χ1) is 19.1. The van der Waals surface area contributed by atoms with Gasteiger partial charge in [0, 0.05) is 31.8 Å². The third-order valence-corrected chi connectivity index (χ3v) is 7.38. The number of carbonyl (C=O) groups excluding carboxylic acids is 4. The number of rotatable bonds is 8. The SMILES string of the molecule is COc1nc(COc2cccc(-c3cccc(NC(=O)C4CN(C)C(=O)N(C)C4=O)c3Cl)c2Cl)c(Cl)cc1C=O. The van der Waals surface area contributed by atoms with Crippen LogP contribution in [0.3, 0.4) is 0 Å². The van der Waals surface area contributed by atoms with E-state index in [0.717, 1.165) is 4.90 Å². The molecule has 1 aliphatic rings. The second kappa shape index (κ2) is 12.1. The number of aromatic nitrogens is 1. The van der Waals surface area contributed by atoms with E-state index < -0.39 is 23.8 Å². The molecule has 1 saturated heterocycles. The number of benzene rings is 2. The number of hydrogen-bond donors (Lipinski definition) is 1. The molecule has 208 valence electrons. The van der Waals surface area contributed by atoms with E-state index in [0.29, 0.717) is 28.9 Å². The summed E-state index contributed by atoms with van der Waals surface area (Å²) in [6.45, 7) is -0.124. The Labute approximate surface area is 244 Å². The van der Waals surface area contributed by atoms with Crippen LogP contribution in [0.2, 0.25) is 15.1 Å². The molecule has 2 heterocycles. The second-order valence-electron chi connectivity index (χ2n) is 8.81. The number of anilines is 1. The summed E-state index contributed by atoms with van der Waals surface area (Å²) in [5, 5.41) is 3.35. The van der Waals surface area contributed by atoms with E-state index in [1.54, 1.807) is 36.4 Å². The highest BCUT2D eigenvalue weighted by atomic mass is 35.5. The minimum atomic E-state index is -1.09. The number of halogens is 3. The Hall–Kier alpha value is -3.86. The molecule has 1 fully saturated rings. The van der Waals surface area contributed by atoms with Gasteiger partial charge in [-0.25, -0.2) is 9.78 Å². The van der Waals surface area contributed by atoms with Gasteiger partial charge in [-0.15, -0.1) is 0 Å². The molecule has 0 radical (unpaired) electrons. The molecule has 13 heteroatoms. The van der Waals surface area contributed by atoms with Crippen LogP contribution in [0.5, 0.6) is 11.6 Å². The highest BCUT2D eigenvalue weighted by Gasteiger charge is 2.39. The lowest BCUT2D eigenvalue weighted by Gasteiger charge is -2.33. The van der Waals surface area contributed by atoms with Gasteiger partial charge in [0.25, 0.3) is 0 Å². The summed E-state index contributed by atoms with van der Waals surface area (Å²) >= 11 is 19.6. The molecule has 10 nitrogen and oxygen atoms in total. The third-order valence-electron chi connectivity index (χ3n) is 6.25. The predicted octanol–water partition coefficient (Wildman–Crippen LogP) is 5.19. The van der Waals surface area contributed by atoms with Gasteiger partial charge >= 0.3 is 6.03 Å². The maximum Gasteiger partial charge on any atom is 0.326 e. The van der Waals surface area contributed by atoms with Gasteiger partial charge in [0.1, 0.15) is 24.0 Å². The summed E-state index contributed by atoms with van der Waals surface area (Å²) < 4.78 is 11.0. The number of pyridine rings is 1. The van der Waals surface area contributed by atoms with E-state index in [-0.39, 0.29) is 45.4 Å². The Morgan fingerprint density at radius 1 is 1.10 bits per heavy atom. The van der Waals surface area contributed by atoms with Gasteiger partial charge in [0.2, 0.25) is 17.7 Å². The molecule has 0 spiro atoms. The first-order valence-electron chi connectivity index (χ1n) is 11.8. The molecule has 4 rings (SSSR count). The van der Waals surface area contributed by atoms with Gasteiger partial charge in [-0.1, -0.05) is 59.1 Å². The molecule has 3 aromatic rings. The molecule has 0 aliphatic carbocycles. The van der Waals surface area contributed by atoms with Gasteiger partial charge in [-0.2, -0.15) is 0 Å². The van der Waals surface area contributed by atoms with Crippen LogP contribution in [0.15, 0.2) is 42.5 Å². The van der Waals surface area contributed by atoms with E-state index in [4.69, 9.17) is 44.3 Å². The normalized spacial score (nSPS) is 15.2. The molecule has 40 heavy (non-hydrogen) atoms. The third kappa shape index (κ3) is 5.70. The highest BCUT2D eigenvalue weighted by molar-refractivity contribution is 6.39. The number of nitrogens with zero attached hydrogens (tertiary/aromatic N) is 3. The minimum Gasteiger partial charge on any atom is -0.486 e. The van der Waals surface area contributed by atoms with Crippen molar-refractivity contribution < 1.29 is 28.7 Å². The zero-order valence-corrected chi connectivity index (χ0v) is 23.8. The molecule has 1 unspecified atom stereocenters. The number of imide groups is 1. The van der Waals surface area contributed by atoms with Crippen molar-refractivity contribution in [1.29, 1.82) is 0 Å². The number of hydrogen-bond acceptors (Lipinski definition) is 7. The first-order valence-corrected chi connectivity index (χ1v) is 12.9. The smallest absolute Gasteiger partial charge is 0.326 e. The lowest BCUT2D eigenvalue weighted by Crippen LogP contribution is -2.56. The maximum absolute atomic E-state index is 13.0. The minimum absolute atomic E-state index is 0.0566. The zero-order valence-electron chi connectivity index (χ0n) is 21.5. The Morgan fingerprint density at radius 3 is 2.45 bits per heavy atom. The van der Waals surface area contributed by atoms with E-state index in [2.05, 4.69) is 10.3 Å². The highest BCUT2D eigenvalue weighted by Crippen LogP contribution is 2.41. The van der Waals surface area contributed by atoms with Crippen LogP contribution in [0, 0.1) is 5.92 Å².